The second kappa shape index (κ2) is 9.67. The molecule has 1 aromatic heterocycles. The predicted octanol–water partition coefficient (Wildman–Crippen LogP) is 4.18. The van der Waals surface area contributed by atoms with Crippen LogP contribution in [0.5, 0.6) is 0 Å². The molecule has 0 unspecified atom stereocenters. The maximum atomic E-state index is 13.2. The Kier molecular flexibility index (Phi) is 7.19. The maximum absolute atomic E-state index is 13.2. The number of hydrogen-bond donors (Lipinski definition) is 3. The lowest BCUT2D eigenvalue weighted by molar-refractivity contribution is -0.138. The zero-order valence-electron chi connectivity index (χ0n) is 17.2. The van der Waals surface area contributed by atoms with Crippen LogP contribution in [0, 0.1) is 12.8 Å². The van der Waals surface area contributed by atoms with Crippen molar-refractivity contribution in [1.82, 2.24) is 20.3 Å². The molecule has 0 spiro atoms. The molecule has 3 rings (SSSR count). The molecular weight excluding hydrogens is 433 g/mol. The van der Waals surface area contributed by atoms with Crippen LogP contribution >= 0.6 is 11.6 Å². The second-order valence-electron chi connectivity index (χ2n) is 7.49. The molecular formula is C20H24ClF3N6O. The molecule has 0 saturated heterocycles. The summed E-state index contributed by atoms with van der Waals surface area (Å²) >= 11 is 5.70. The molecule has 168 valence electrons. The molecule has 2 aromatic rings. The Labute approximate surface area is 183 Å². The van der Waals surface area contributed by atoms with E-state index >= 15 is 0 Å². The lowest BCUT2D eigenvalue weighted by Crippen LogP contribution is -2.36. The highest BCUT2D eigenvalue weighted by molar-refractivity contribution is 6.30. The van der Waals surface area contributed by atoms with Crippen molar-refractivity contribution >= 4 is 29.4 Å². The van der Waals surface area contributed by atoms with Crippen molar-refractivity contribution in [3.05, 3.63) is 40.2 Å². The second-order valence-corrected chi connectivity index (χ2v) is 7.93. The first kappa shape index (κ1) is 23.1. The summed E-state index contributed by atoms with van der Waals surface area (Å²) in [5.74, 6) is 1.06. The van der Waals surface area contributed by atoms with Gasteiger partial charge in [0.1, 0.15) is 5.82 Å². The predicted molar refractivity (Wildman–Crippen MR) is 112 cm³/mol. The third-order valence-corrected chi connectivity index (χ3v) is 5.47. The van der Waals surface area contributed by atoms with E-state index in [1.54, 1.807) is 14.0 Å². The minimum Gasteiger partial charge on any atom is -0.357 e. The highest BCUT2D eigenvalue weighted by atomic mass is 35.5. The Morgan fingerprint density at radius 1 is 1.13 bits per heavy atom. The first-order chi connectivity index (χ1) is 14.7. The van der Waals surface area contributed by atoms with Crippen LogP contribution in [0.15, 0.2) is 18.2 Å². The highest BCUT2D eigenvalue weighted by Gasteiger charge is 2.34. The molecule has 11 heteroatoms. The number of nitrogens with zero attached hydrogens (tertiary/aromatic N) is 3. The number of nitrogens with one attached hydrogen (secondary N) is 3. The molecule has 0 radical (unpaired) electrons. The smallest absolute Gasteiger partial charge is 0.357 e. The lowest BCUT2D eigenvalue weighted by atomic mass is 9.85. The van der Waals surface area contributed by atoms with E-state index in [0.717, 1.165) is 18.9 Å². The maximum Gasteiger partial charge on any atom is 0.416 e. The fourth-order valence-electron chi connectivity index (χ4n) is 3.63. The summed E-state index contributed by atoms with van der Waals surface area (Å²) in [5, 5.41) is 8.80. The monoisotopic (exact) mass is 456 g/mol. The zero-order valence-corrected chi connectivity index (χ0v) is 17.9. The average molecular weight is 457 g/mol. The fraction of sp³-hybridized carbons (Fsp3) is 0.500. The van der Waals surface area contributed by atoms with Gasteiger partial charge in [-0.1, -0.05) is 17.7 Å². The number of halogens is 4. The van der Waals surface area contributed by atoms with E-state index in [2.05, 4.69) is 30.9 Å². The van der Waals surface area contributed by atoms with Crippen molar-refractivity contribution in [2.24, 2.45) is 5.92 Å². The number of carbonyl (C=O) groups excluding carboxylic acids is 1. The van der Waals surface area contributed by atoms with Gasteiger partial charge in [-0.2, -0.15) is 28.1 Å². The van der Waals surface area contributed by atoms with Crippen molar-refractivity contribution in [2.75, 3.05) is 17.7 Å². The van der Waals surface area contributed by atoms with E-state index in [0.29, 0.717) is 30.6 Å². The van der Waals surface area contributed by atoms with Gasteiger partial charge in [0.2, 0.25) is 17.8 Å². The van der Waals surface area contributed by atoms with Gasteiger partial charge in [0, 0.05) is 30.6 Å². The number of amides is 1. The van der Waals surface area contributed by atoms with Crippen molar-refractivity contribution in [3.63, 3.8) is 0 Å². The molecule has 3 N–H and O–H groups in total. The number of aromatic nitrogens is 3. The number of benzene rings is 1. The summed E-state index contributed by atoms with van der Waals surface area (Å²) < 4.78 is 39.6. The van der Waals surface area contributed by atoms with Crippen LogP contribution in [0.3, 0.4) is 0 Å². The van der Waals surface area contributed by atoms with Crippen LogP contribution in [-0.4, -0.2) is 33.9 Å². The van der Waals surface area contributed by atoms with Gasteiger partial charge in [-0.15, -0.1) is 0 Å². The quantitative estimate of drug-likeness (QED) is 0.604. The molecule has 1 aliphatic carbocycles. The van der Waals surface area contributed by atoms with Gasteiger partial charge in [0.05, 0.1) is 5.56 Å². The Morgan fingerprint density at radius 3 is 2.45 bits per heavy atom. The van der Waals surface area contributed by atoms with Gasteiger partial charge in [0.25, 0.3) is 0 Å². The Bertz CT molecular complexity index is 932. The summed E-state index contributed by atoms with van der Waals surface area (Å²) in [4.78, 5) is 25.2. The first-order valence-corrected chi connectivity index (χ1v) is 10.3. The van der Waals surface area contributed by atoms with Gasteiger partial charge >= 0.3 is 6.18 Å². The SMILES string of the molecule is CNc1nc(C)nc(NC2CCC(C(=O)NCc3ccc(Cl)cc3C(F)(F)F)CC2)n1. The summed E-state index contributed by atoms with van der Waals surface area (Å²) in [7, 11) is 1.73. The van der Waals surface area contributed by atoms with E-state index in [-0.39, 0.29) is 35.0 Å². The molecule has 1 amide bonds. The number of aryl methyl sites for hydroxylation is 1. The molecule has 31 heavy (non-hydrogen) atoms. The van der Waals surface area contributed by atoms with Gasteiger partial charge in [-0.05, 0) is 50.3 Å². The number of alkyl halides is 3. The van der Waals surface area contributed by atoms with E-state index < -0.39 is 11.7 Å². The number of hydrogen-bond acceptors (Lipinski definition) is 6. The first-order valence-electron chi connectivity index (χ1n) is 9.96. The van der Waals surface area contributed by atoms with Crippen LogP contribution in [0.25, 0.3) is 0 Å². The van der Waals surface area contributed by atoms with Crippen LogP contribution in [0.2, 0.25) is 5.02 Å². The van der Waals surface area contributed by atoms with E-state index in [9.17, 15) is 18.0 Å². The van der Waals surface area contributed by atoms with Crippen LogP contribution in [0.1, 0.15) is 42.6 Å². The minimum absolute atomic E-state index is 0.00318. The van der Waals surface area contributed by atoms with Gasteiger partial charge in [0.15, 0.2) is 0 Å². The Morgan fingerprint density at radius 2 is 1.81 bits per heavy atom. The summed E-state index contributed by atoms with van der Waals surface area (Å²) in [6.07, 6.45) is -1.83. The molecule has 0 bridgehead atoms. The van der Waals surface area contributed by atoms with Gasteiger partial charge in [-0.25, -0.2) is 0 Å². The summed E-state index contributed by atoms with van der Waals surface area (Å²) in [5.41, 5.74) is -0.840. The Balaban J connectivity index is 1.53. The van der Waals surface area contributed by atoms with Crippen molar-refractivity contribution < 1.29 is 18.0 Å². The molecule has 7 nitrogen and oxygen atoms in total. The van der Waals surface area contributed by atoms with Gasteiger partial charge < -0.3 is 16.0 Å². The highest BCUT2D eigenvalue weighted by Crippen LogP contribution is 2.34. The number of anilines is 2. The standard InChI is InChI=1S/C20H24ClF3N6O/c1-11-27-18(25-2)30-19(28-11)29-15-7-4-12(5-8-15)17(31)26-10-13-3-6-14(21)9-16(13)20(22,23)24/h3,6,9,12,15H,4-5,7-8,10H2,1-2H3,(H,26,31)(H2,25,27,28,29,30). The zero-order chi connectivity index (χ0) is 22.6. The van der Waals surface area contributed by atoms with Crippen LogP contribution < -0.4 is 16.0 Å². The molecule has 1 heterocycles. The molecule has 1 fully saturated rings. The average Bonchev–Trinajstić information content (AvgIpc) is 2.72. The largest absolute Gasteiger partial charge is 0.416 e. The lowest BCUT2D eigenvalue weighted by Gasteiger charge is -2.28. The topological polar surface area (TPSA) is 91.8 Å². The fourth-order valence-corrected chi connectivity index (χ4v) is 3.81. The number of carbonyl (C=O) groups is 1. The van der Waals surface area contributed by atoms with Crippen molar-refractivity contribution in [2.45, 2.75) is 51.4 Å². The molecule has 1 aliphatic rings. The van der Waals surface area contributed by atoms with Crippen LogP contribution in [-0.2, 0) is 17.5 Å². The summed E-state index contributed by atoms with van der Waals surface area (Å²) in [6.45, 7) is 1.58. The minimum atomic E-state index is -4.53. The van der Waals surface area contributed by atoms with E-state index in [4.69, 9.17) is 11.6 Å². The van der Waals surface area contributed by atoms with Crippen LogP contribution in [0.4, 0.5) is 25.1 Å². The van der Waals surface area contributed by atoms with E-state index in [1.807, 2.05) is 0 Å². The molecule has 0 atom stereocenters. The Hall–Kier alpha value is -2.62. The summed E-state index contributed by atoms with van der Waals surface area (Å²) in [6, 6.07) is 3.67. The number of rotatable bonds is 6. The molecule has 1 aromatic carbocycles. The van der Waals surface area contributed by atoms with Crippen molar-refractivity contribution in [1.29, 1.82) is 0 Å². The molecule has 1 saturated carbocycles. The van der Waals surface area contributed by atoms with E-state index in [1.165, 1.54) is 12.1 Å². The third kappa shape index (κ3) is 6.19. The molecule has 0 aliphatic heterocycles. The normalized spacial score (nSPS) is 19.0. The van der Waals surface area contributed by atoms with Gasteiger partial charge in [-0.3, -0.25) is 4.79 Å². The van der Waals surface area contributed by atoms with Crippen molar-refractivity contribution in [3.8, 4) is 0 Å². The third-order valence-electron chi connectivity index (χ3n) is 5.23.